The molecule has 2 saturated carbocycles. The molecule has 1 heterocycles. The summed E-state index contributed by atoms with van der Waals surface area (Å²) in [6.45, 7) is 11.0. The van der Waals surface area contributed by atoms with Crippen LogP contribution >= 0.6 is 0 Å². The van der Waals surface area contributed by atoms with E-state index in [1.165, 1.54) is 0 Å². The van der Waals surface area contributed by atoms with Crippen molar-refractivity contribution in [2.45, 2.75) is 50.6 Å². The maximum atomic E-state index is 12.2. The number of hydrogen-bond acceptors (Lipinski definition) is 5. The molecule has 6 unspecified atom stereocenters. The Bertz CT molecular complexity index is 611. The van der Waals surface area contributed by atoms with Gasteiger partial charge in [-0.15, -0.1) is 0 Å². The van der Waals surface area contributed by atoms with Gasteiger partial charge in [0, 0.05) is 17.4 Å². The Morgan fingerprint density at radius 3 is 2.55 bits per heavy atom. The minimum Gasteiger partial charge on any atom is -0.452 e. The van der Waals surface area contributed by atoms with Crippen LogP contribution < -0.4 is 0 Å². The average Bonchev–Trinajstić information content (AvgIpc) is 2.75. The molecule has 3 rings (SSSR count). The van der Waals surface area contributed by atoms with Crippen molar-refractivity contribution in [3.05, 3.63) is 12.7 Å². The lowest BCUT2D eigenvalue weighted by Crippen LogP contribution is -2.60. The zero-order valence-electron chi connectivity index (χ0n) is 12.2. The number of rotatable bonds is 2. The molecule has 0 aromatic rings. The smallest absolute Gasteiger partial charge is 0.330 e. The second-order valence-electron chi connectivity index (χ2n) is 6.82. The van der Waals surface area contributed by atoms with E-state index < -0.39 is 38.0 Å². The van der Waals surface area contributed by atoms with Gasteiger partial charge in [-0.05, 0) is 26.2 Å². The summed E-state index contributed by atoms with van der Waals surface area (Å²) >= 11 is 0. The van der Waals surface area contributed by atoms with Crippen LogP contribution in [0.1, 0.15) is 34.1 Å². The highest BCUT2D eigenvalue weighted by Gasteiger charge is 2.84. The van der Waals surface area contributed by atoms with Crippen molar-refractivity contribution in [3.8, 4) is 0 Å². The molecule has 0 radical (unpaired) electrons. The first-order valence-corrected chi connectivity index (χ1v) is 8.30. The van der Waals surface area contributed by atoms with Crippen molar-refractivity contribution >= 4 is 16.1 Å². The monoisotopic (exact) mass is 300 g/mol. The highest BCUT2D eigenvalue weighted by Crippen LogP contribution is 2.74. The van der Waals surface area contributed by atoms with Crippen LogP contribution in [-0.4, -0.2) is 30.8 Å². The van der Waals surface area contributed by atoms with Gasteiger partial charge in [-0.25, -0.2) is 4.79 Å². The van der Waals surface area contributed by atoms with Gasteiger partial charge in [-0.1, -0.05) is 20.4 Å². The van der Waals surface area contributed by atoms with E-state index in [2.05, 4.69) is 6.58 Å². The van der Waals surface area contributed by atoms with Gasteiger partial charge < -0.3 is 4.74 Å². The Balaban J connectivity index is 2.19. The zero-order valence-corrected chi connectivity index (χ0v) is 13.0. The second kappa shape index (κ2) is 3.47. The molecule has 0 aromatic heterocycles. The van der Waals surface area contributed by atoms with E-state index >= 15 is 0 Å². The Kier molecular flexibility index (Phi) is 2.44. The molecule has 0 spiro atoms. The second-order valence-corrected chi connectivity index (χ2v) is 8.57. The number of ether oxygens (including phenoxy) is 1. The zero-order chi connectivity index (χ0) is 15.1. The molecule has 5 nitrogen and oxygen atoms in total. The molecule has 6 atom stereocenters. The molecule has 3 fully saturated rings. The van der Waals surface area contributed by atoms with Crippen LogP contribution in [0.4, 0.5) is 0 Å². The quantitative estimate of drug-likeness (QED) is 0.440. The summed E-state index contributed by atoms with van der Waals surface area (Å²) in [7, 11) is -3.59. The fourth-order valence-corrected chi connectivity index (χ4v) is 7.26. The number of carbonyl (C=O) groups excluding carboxylic acids is 1. The minimum absolute atomic E-state index is 0.109. The van der Waals surface area contributed by atoms with Crippen molar-refractivity contribution < 1.29 is 22.1 Å². The van der Waals surface area contributed by atoms with Crippen LogP contribution in [0.2, 0.25) is 0 Å². The molecule has 1 aliphatic heterocycles. The van der Waals surface area contributed by atoms with Gasteiger partial charge in [0.05, 0.1) is 5.25 Å². The summed E-state index contributed by atoms with van der Waals surface area (Å²) in [4.78, 5) is 11.7. The molecule has 2 aliphatic carbocycles. The molecule has 1 saturated heterocycles. The fourth-order valence-electron chi connectivity index (χ4n) is 4.98. The van der Waals surface area contributed by atoms with Gasteiger partial charge >= 0.3 is 5.97 Å². The van der Waals surface area contributed by atoms with Gasteiger partial charge in [0.2, 0.25) is 0 Å². The molecule has 6 heteroatoms. The first-order chi connectivity index (χ1) is 9.03. The van der Waals surface area contributed by atoms with Crippen molar-refractivity contribution in [2.75, 3.05) is 0 Å². The fraction of sp³-hybridized carbons (Fsp3) is 0.786. The summed E-state index contributed by atoms with van der Waals surface area (Å²) in [5, 5.41) is -0.483. The molecular formula is C14H20O5S. The minimum atomic E-state index is -3.59. The van der Waals surface area contributed by atoms with E-state index in [0.717, 1.165) is 6.08 Å². The van der Waals surface area contributed by atoms with Crippen molar-refractivity contribution in [2.24, 2.45) is 17.3 Å². The molecule has 20 heavy (non-hydrogen) atoms. The van der Waals surface area contributed by atoms with Crippen molar-refractivity contribution in [1.82, 2.24) is 0 Å². The van der Waals surface area contributed by atoms with Gasteiger partial charge in [0.1, 0.15) is 11.2 Å². The van der Waals surface area contributed by atoms with Gasteiger partial charge in [0.25, 0.3) is 10.1 Å². The van der Waals surface area contributed by atoms with Gasteiger partial charge in [0.15, 0.2) is 0 Å². The van der Waals surface area contributed by atoms with Crippen LogP contribution in [-0.2, 0) is 23.8 Å². The Morgan fingerprint density at radius 1 is 1.40 bits per heavy atom. The summed E-state index contributed by atoms with van der Waals surface area (Å²) < 4.78 is 35.6. The van der Waals surface area contributed by atoms with E-state index in [1.54, 1.807) is 13.8 Å². The lowest BCUT2D eigenvalue weighted by atomic mass is 9.65. The summed E-state index contributed by atoms with van der Waals surface area (Å²) in [5.74, 6) is -0.573. The van der Waals surface area contributed by atoms with Crippen LogP contribution in [0.15, 0.2) is 12.7 Å². The molecular weight excluding hydrogens is 280 g/mol. The average molecular weight is 300 g/mol. The van der Waals surface area contributed by atoms with Gasteiger partial charge in [-0.2, -0.15) is 8.42 Å². The van der Waals surface area contributed by atoms with Crippen molar-refractivity contribution in [3.63, 3.8) is 0 Å². The van der Waals surface area contributed by atoms with E-state index in [9.17, 15) is 13.2 Å². The van der Waals surface area contributed by atoms with Crippen molar-refractivity contribution in [1.29, 1.82) is 0 Å². The number of fused-ring (bicyclic) bond motifs is 1. The van der Waals surface area contributed by atoms with E-state index in [4.69, 9.17) is 8.92 Å². The molecule has 2 bridgehead atoms. The molecule has 3 aliphatic rings. The lowest BCUT2D eigenvalue weighted by Gasteiger charge is -2.48. The Morgan fingerprint density at radius 2 is 2.00 bits per heavy atom. The Labute approximate surface area is 119 Å². The van der Waals surface area contributed by atoms with Crippen LogP contribution in [0.3, 0.4) is 0 Å². The standard InChI is InChI=1S/C14H20O5S/c1-6-10(15)18-14(5)12(3)7-9-11(8(12)2)13(14,4)19-20(9,16)17/h6,8-9,11H,1,7H2,2-5H3. The summed E-state index contributed by atoms with van der Waals surface area (Å²) in [6.07, 6.45) is 1.58. The third-order valence-corrected chi connectivity index (χ3v) is 8.15. The largest absolute Gasteiger partial charge is 0.452 e. The summed E-state index contributed by atoms with van der Waals surface area (Å²) in [6, 6.07) is 0. The molecule has 0 aromatic carbocycles. The number of esters is 1. The van der Waals surface area contributed by atoms with Crippen LogP contribution in [0.25, 0.3) is 0 Å². The van der Waals surface area contributed by atoms with E-state index in [0.29, 0.717) is 6.42 Å². The summed E-state index contributed by atoms with van der Waals surface area (Å²) in [5.41, 5.74) is -2.39. The molecule has 0 N–H and O–H groups in total. The third-order valence-electron chi connectivity index (χ3n) is 6.37. The SMILES string of the molecule is C=CC(=O)OC1(C)C2(C)CC3C(C2C)C1(C)OS3(=O)=O. The van der Waals surface area contributed by atoms with Crippen LogP contribution in [0, 0.1) is 17.3 Å². The van der Waals surface area contributed by atoms with Crippen LogP contribution in [0.5, 0.6) is 0 Å². The van der Waals surface area contributed by atoms with E-state index in [-0.39, 0.29) is 11.8 Å². The topological polar surface area (TPSA) is 69.7 Å². The Hall–Kier alpha value is -0.880. The predicted octanol–water partition coefficient (Wildman–Crippen LogP) is 1.64. The number of carbonyl (C=O) groups is 1. The highest BCUT2D eigenvalue weighted by molar-refractivity contribution is 7.87. The predicted molar refractivity (Wildman–Crippen MR) is 72.3 cm³/mol. The molecule has 112 valence electrons. The normalized spacial score (nSPS) is 54.9. The lowest BCUT2D eigenvalue weighted by molar-refractivity contribution is -0.198. The first kappa shape index (κ1) is 14.1. The third kappa shape index (κ3) is 1.19. The maximum Gasteiger partial charge on any atom is 0.330 e. The highest BCUT2D eigenvalue weighted by atomic mass is 32.2. The van der Waals surface area contributed by atoms with E-state index in [1.807, 2.05) is 13.8 Å². The first-order valence-electron chi connectivity index (χ1n) is 6.83. The van der Waals surface area contributed by atoms with Gasteiger partial charge in [-0.3, -0.25) is 4.18 Å². The number of hydrogen-bond donors (Lipinski definition) is 0. The maximum absolute atomic E-state index is 12.2. The molecule has 0 amide bonds.